The monoisotopic (exact) mass is 528 g/mol. The Kier molecular flexibility index (Phi) is 6.73. The van der Waals surface area contributed by atoms with E-state index in [-0.39, 0.29) is 29.3 Å². The number of rotatable bonds is 6. The maximum absolute atomic E-state index is 14.0. The number of benzene rings is 1. The van der Waals surface area contributed by atoms with Crippen LogP contribution in [0.25, 0.3) is 0 Å². The molecule has 2 aromatic rings. The molecule has 1 aliphatic heterocycles. The van der Waals surface area contributed by atoms with E-state index in [9.17, 15) is 21.6 Å². The summed E-state index contributed by atoms with van der Waals surface area (Å²) < 4.78 is 89.3. The highest BCUT2D eigenvalue weighted by Gasteiger charge is 2.45. The molecule has 4 rings (SSSR count). The summed E-state index contributed by atoms with van der Waals surface area (Å²) in [7, 11) is -1.24. The van der Waals surface area contributed by atoms with Crippen LogP contribution in [0, 0.1) is 13.8 Å². The van der Waals surface area contributed by atoms with Crippen LogP contribution in [0.15, 0.2) is 45.4 Å². The number of ether oxygens (including phenoxy) is 3. The second-order valence-electron chi connectivity index (χ2n) is 8.94. The van der Waals surface area contributed by atoms with Gasteiger partial charge in [-0.2, -0.15) is 4.31 Å². The first-order valence-electron chi connectivity index (χ1n) is 11.2. The summed E-state index contributed by atoms with van der Waals surface area (Å²) in [6.45, 7) is 4.39. The van der Waals surface area contributed by atoms with E-state index in [0.717, 1.165) is 5.56 Å². The summed E-state index contributed by atoms with van der Waals surface area (Å²) in [4.78, 5) is -0.0712. The lowest BCUT2D eigenvalue weighted by Crippen LogP contribution is -2.42. The van der Waals surface area contributed by atoms with Crippen LogP contribution in [0.2, 0.25) is 0 Å². The summed E-state index contributed by atoms with van der Waals surface area (Å²) in [5, 5.41) is 3.78. The molecular weight excluding hydrogens is 501 g/mol. The van der Waals surface area contributed by atoms with Crippen molar-refractivity contribution in [1.82, 2.24) is 9.46 Å². The van der Waals surface area contributed by atoms with E-state index in [1.807, 2.05) is 0 Å². The SMILES string of the molecule is COc1cc2c(c(OC)c1)C(C1=CC(C)(OC(F)(F)F)CC=C1)N(S(=O)(=O)c1c(C)noc1C)CC2. The third-order valence-electron chi connectivity index (χ3n) is 6.32. The van der Waals surface area contributed by atoms with E-state index in [2.05, 4.69) is 9.89 Å². The Morgan fingerprint density at radius 2 is 1.92 bits per heavy atom. The molecule has 0 bridgehead atoms. The zero-order chi connectivity index (χ0) is 26.5. The summed E-state index contributed by atoms with van der Waals surface area (Å²) in [6.07, 6.45) is -0.0760. The Morgan fingerprint density at radius 3 is 2.50 bits per heavy atom. The van der Waals surface area contributed by atoms with E-state index in [1.165, 1.54) is 45.4 Å². The first-order valence-corrected chi connectivity index (χ1v) is 12.6. The topological polar surface area (TPSA) is 91.1 Å². The summed E-state index contributed by atoms with van der Waals surface area (Å²) >= 11 is 0. The Hall–Kier alpha value is -2.83. The fourth-order valence-corrected chi connectivity index (χ4v) is 6.79. The molecule has 0 fully saturated rings. The molecule has 1 aromatic heterocycles. The number of aryl methyl sites for hydroxylation is 2. The van der Waals surface area contributed by atoms with Gasteiger partial charge in [0.25, 0.3) is 0 Å². The van der Waals surface area contributed by atoms with E-state index in [0.29, 0.717) is 29.1 Å². The minimum absolute atomic E-state index is 0.0358. The van der Waals surface area contributed by atoms with Gasteiger partial charge in [0.1, 0.15) is 22.1 Å². The lowest BCUT2D eigenvalue weighted by Gasteiger charge is -2.40. The molecular formula is C24H27F3N2O6S. The van der Waals surface area contributed by atoms with Gasteiger partial charge in [0.15, 0.2) is 5.76 Å². The largest absolute Gasteiger partial charge is 0.523 e. The molecule has 0 radical (unpaired) electrons. The van der Waals surface area contributed by atoms with Gasteiger partial charge in [-0.25, -0.2) is 8.42 Å². The number of nitrogens with zero attached hydrogens (tertiary/aromatic N) is 2. The van der Waals surface area contributed by atoms with Gasteiger partial charge >= 0.3 is 6.36 Å². The second-order valence-corrected chi connectivity index (χ2v) is 10.8. The van der Waals surface area contributed by atoms with Gasteiger partial charge in [-0.1, -0.05) is 17.3 Å². The van der Waals surface area contributed by atoms with Crippen molar-refractivity contribution in [1.29, 1.82) is 0 Å². The molecule has 0 saturated carbocycles. The van der Waals surface area contributed by atoms with E-state index in [1.54, 1.807) is 24.3 Å². The van der Waals surface area contributed by atoms with Crippen molar-refractivity contribution >= 4 is 10.0 Å². The number of methoxy groups -OCH3 is 2. The Bertz CT molecular complexity index is 1300. The third kappa shape index (κ3) is 4.76. The Morgan fingerprint density at radius 1 is 1.19 bits per heavy atom. The van der Waals surface area contributed by atoms with Gasteiger partial charge in [-0.05, 0) is 56.9 Å². The van der Waals surface area contributed by atoms with Crippen molar-refractivity contribution in [3.8, 4) is 11.5 Å². The lowest BCUT2D eigenvalue weighted by molar-refractivity contribution is -0.355. The fraction of sp³-hybridized carbons (Fsp3) is 0.458. The molecule has 0 spiro atoms. The summed E-state index contributed by atoms with van der Waals surface area (Å²) in [5.41, 5.74) is 0.0784. The number of hydrogen-bond donors (Lipinski definition) is 0. The van der Waals surface area contributed by atoms with E-state index < -0.39 is 28.0 Å². The Balaban J connectivity index is 1.95. The molecule has 0 amide bonds. The third-order valence-corrected chi connectivity index (χ3v) is 8.43. The van der Waals surface area contributed by atoms with Crippen LogP contribution in [0.3, 0.4) is 0 Å². The highest BCUT2D eigenvalue weighted by Crippen LogP contribution is 2.47. The highest BCUT2D eigenvalue weighted by atomic mass is 32.2. The van der Waals surface area contributed by atoms with Crippen LogP contribution in [-0.2, 0) is 21.2 Å². The molecule has 2 atom stereocenters. The standard InChI is InChI=1S/C24H27F3N2O6S/c1-14-22(15(2)34-28-14)36(30,31)29-10-8-16-11-18(32-4)12-19(33-5)20(16)21(29)17-7-6-9-23(3,13-17)35-24(25,26)27/h6-7,11-13,21H,8-10H2,1-5H3. The molecule has 12 heteroatoms. The molecule has 2 unspecified atom stereocenters. The molecule has 1 aliphatic carbocycles. The van der Waals surface area contributed by atoms with Gasteiger partial charge < -0.3 is 14.0 Å². The van der Waals surface area contributed by atoms with E-state index in [4.69, 9.17) is 14.0 Å². The zero-order valence-electron chi connectivity index (χ0n) is 20.5. The zero-order valence-corrected chi connectivity index (χ0v) is 21.3. The van der Waals surface area contributed by atoms with Gasteiger partial charge in [-0.3, -0.25) is 4.74 Å². The first kappa shape index (κ1) is 26.2. The van der Waals surface area contributed by atoms with Crippen LogP contribution in [0.1, 0.15) is 42.0 Å². The summed E-state index contributed by atoms with van der Waals surface area (Å²) in [6, 6.07) is 2.40. The van der Waals surface area contributed by atoms with Crippen molar-refractivity contribution in [2.45, 2.75) is 56.5 Å². The molecule has 0 N–H and O–H groups in total. The van der Waals surface area contributed by atoms with Crippen LogP contribution in [-0.4, -0.2) is 50.6 Å². The average Bonchev–Trinajstić information content (AvgIpc) is 3.14. The van der Waals surface area contributed by atoms with Gasteiger partial charge in [0.05, 0.1) is 25.9 Å². The van der Waals surface area contributed by atoms with Crippen LogP contribution in [0.5, 0.6) is 11.5 Å². The number of sulfonamides is 1. The number of aromatic nitrogens is 1. The number of hydrogen-bond acceptors (Lipinski definition) is 7. The summed E-state index contributed by atoms with van der Waals surface area (Å²) in [5.74, 6) is 0.994. The van der Waals surface area contributed by atoms with Crippen LogP contribution >= 0.6 is 0 Å². The quantitative estimate of drug-likeness (QED) is 0.533. The first-order chi connectivity index (χ1) is 16.8. The average molecular weight is 529 g/mol. The fourth-order valence-electron chi connectivity index (χ4n) is 4.91. The molecule has 196 valence electrons. The maximum atomic E-state index is 14.0. The van der Waals surface area contributed by atoms with Gasteiger partial charge in [-0.15, -0.1) is 13.2 Å². The normalized spacial score (nSPS) is 22.8. The molecule has 2 heterocycles. The molecule has 0 saturated heterocycles. The Labute approximate surface area is 207 Å². The van der Waals surface area contributed by atoms with Crippen molar-refractivity contribution in [2.24, 2.45) is 0 Å². The van der Waals surface area contributed by atoms with Gasteiger partial charge in [0, 0.05) is 18.2 Å². The second kappa shape index (κ2) is 9.24. The van der Waals surface area contributed by atoms with Crippen molar-refractivity contribution in [2.75, 3.05) is 20.8 Å². The lowest BCUT2D eigenvalue weighted by atomic mass is 9.83. The maximum Gasteiger partial charge on any atom is 0.523 e. The van der Waals surface area contributed by atoms with Crippen molar-refractivity contribution in [3.63, 3.8) is 0 Å². The smallest absolute Gasteiger partial charge is 0.497 e. The minimum Gasteiger partial charge on any atom is -0.497 e. The predicted octanol–water partition coefficient (Wildman–Crippen LogP) is 4.78. The van der Waals surface area contributed by atoms with Crippen LogP contribution < -0.4 is 9.47 Å². The number of alkyl halides is 3. The molecule has 8 nitrogen and oxygen atoms in total. The molecule has 36 heavy (non-hydrogen) atoms. The van der Waals surface area contributed by atoms with Gasteiger partial charge in [0.2, 0.25) is 10.0 Å². The molecule has 2 aliphatic rings. The highest BCUT2D eigenvalue weighted by molar-refractivity contribution is 7.89. The predicted molar refractivity (Wildman–Crippen MR) is 123 cm³/mol. The van der Waals surface area contributed by atoms with Crippen LogP contribution in [0.4, 0.5) is 13.2 Å². The number of halogens is 3. The molecule has 1 aromatic carbocycles. The minimum atomic E-state index is -4.88. The number of fused-ring (bicyclic) bond motifs is 1. The van der Waals surface area contributed by atoms with E-state index >= 15 is 0 Å². The van der Waals surface area contributed by atoms with Crippen molar-refractivity contribution < 1.29 is 40.3 Å². The van der Waals surface area contributed by atoms with Crippen molar-refractivity contribution in [3.05, 3.63) is 58.5 Å².